The number of nitrogens with zero attached hydrogens (tertiary/aromatic N) is 1. The summed E-state index contributed by atoms with van der Waals surface area (Å²) in [5, 5.41) is 6.10. The van der Waals surface area contributed by atoms with E-state index < -0.39 is 0 Å². The number of halogens is 1. The fraction of sp³-hybridized carbons (Fsp3) is 0.294. The van der Waals surface area contributed by atoms with Crippen molar-refractivity contribution in [3.8, 4) is 0 Å². The molecule has 116 valence electrons. The number of benzene rings is 1. The molecule has 0 spiro atoms. The van der Waals surface area contributed by atoms with Crippen molar-refractivity contribution in [2.24, 2.45) is 0 Å². The summed E-state index contributed by atoms with van der Waals surface area (Å²) in [6, 6.07) is 11.1. The van der Waals surface area contributed by atoms with Gasteiger partial charge >= 0.3 is 0 Å². The minimum absolute atomic E-state index is 0.160. The van der Waals surface area contributed by atoms with E-state index in [1.54, 1.807) is 12.3 Å². The van der Waals surface area contributed by atoms with E-state index in [1.807, 2.05) is 30.3 Å². The Morgan fingerprint density at radius 1 is 1.14 bits per heavy atom. The summed E-state index contributed by atoms with van der Waals surface area (Å²) in [7, 11) is 0. The van der Waals surface area contributed by atoms with E-state index >= 15 is 0 Å². The number of carbonyl (C=O) groups is 1. The van der Waals surface area contributed by atoms with Crippen LogP contribution in [0.25, 0.3) is 0 Å². The molecule has 0 aliphatic carbocycles. The van der Waals surface area contributed by atoms with E-state index in [1.165, 1.54) is 12.8 Å². The molecule has 22 heavy (non-hydrogen) atoms. The number of pyridine rings is 1. The molecule has 4 nitrogen and oxygen atoms in total. The summed E-state index contributed by atoms with van der Waals surface area (Å²) in [4.78, 5) is 16.4. The highest BCUT2D eigenvalue weighted by atomic mass is 79.9. The number of anilines is 2. The lowest BCUT2D eigenvalue weighted by molar-refractivity contribution is 0.102. The first-order valence-corrected chi connectivity index (χ1v) is 8.25. The fourth-order valence-corrected chi connectivity index (χ4v) is 2.23. The maximum absolute atomic E-state index is 12.1. The molecule has 2 aromatic rings. The molecule has 0 atom stereocenters. The van der Waals surface area contributed by atoms with E-state index in [4.69, 9.17) is 0 Å². The van der Waals surface area contributed by atoms with Crippen molar-refractivity contribution in [1.29, 1.82) is 0 Å². The van der Waals surface area contributed by atoms with Gasteiger partial charge in [0.05, 0.1) is 5.56 Å². The molecule has 0 saturated heterocycles. The molecule has 0 bridgehead atoms. The van der Waals surface area contributed by atoms with Crippen LogP contribution in [0, 0.1) is 0 Å². The zero-order chi connectivity index (χ0) is 15.8. The molecule has 0 radical (unpaired) electrons. The third kappa shape index (κ3) is 5.15. The summed E-state index contributed by atoms with van der Waals surface area (Å²) in [6.45, 7) is 3.09. The van der Waals surface area contributed by atoms with Gasteiger partial charge in [0.2, 0.25) is 0 Å². The van der Waals surface area contributed by atoms with Crippen LogP contribution in [0.1, 0.15) is 36.5 Å². The van der Waals surface area contributed by atoms with E-state index in [0.29, 0.717) is 5.56 Å². The third-order valence-electron chi connectivity index (χ3n) is 3.21. The van der Waals surface area contributed by atoms with Gasteiger partial charge in [-0.3, -0.25) is 4.79 Å². The van der Waals surface area contributed by atoms with Crippen LogP contribution >= 0.6 is 15.9 Å². The van der Waals surface area contributed by atoms with Crippen molar-refractivity contribution < 1.29 is 4.79 Å². The van der Waals surface area contributed by atoms with Crippen LogP contribution in [0.5, 0.6) is 0 Å². The van der Waals surface area contributed by atoms with Gasteiger partial charge in [-0.25, -0.2) is 4.98 Å². The first-order valence-electron chi connectivity index (χ1n) is 7.46. The number of nitrogens with one attached hydrogen (secondary N) is 2. The quantitative estimate of drug-likeness (QED) is 0.702. The van der Waals surface area contributed by atoms with E-state index in [2.05, 4.69) is 38.5 Å². The van der Waals surface area contributed by atoms with Crippen molar-refractivity contribution in [1.82, 2.24) is 4.98 Å². The zero-order valence-electron chi connectivity index (χ0n) is 12.6. The van der Waals surface area contributed by atoms with Gasteiger partial charge in [-0.2, -0.15) is 0 Å². The van der Waals surface area contributed by atoms with Crippen LogP contribution < -0.4 is 10.6 Å². The van der Waals surface area contributed by atoms with Crippen molar-refractivity contribution in [3.05, 3.63) is 52.6 Å². The van der Waals surface area contributed by atoms with Gasteiger partial charge in [-0.1, -0.05) is 35.7 Å². The highest BCUT2D eigenvalue weighted by Gasteiger charge is 2.06. The Hall–Kier alpha value is -1.88. The number of hydrogen-bond donors (Lipinski definition) is 2. The highest BCUT2D eigenvalue weighted by molar-refractivity contribution is 9.10. The lowest BCUT2D eigenvalue weighted by atomic mass is 10.2. The maximum Gasteiger partial charge on any atom is 0.257 e. The average molecular weight is 362 g/mol. The second kappa shape index (κ2) is 8.54. The monoisotopic (exact) mass is 361 g/mol. The number of unbranched alkanes of at least 4 members (excludes halogenated alkanes) is 2. The molecule has 1 heterocycles. The molecule has 1 amide bonds. The summed E-state index contributed by atoms with van der Waals surface area (Å²) in [5.41, 5.74) is 1.30. The van der Waals surface area contributed by atoms with E-state index in [0.717, 1.165) is 28.9 Å². The molecule has 0 fully saturated rings. The molecular formula is C17H20BrN3O. The third-order valence-corrected chi connectivity index (χ3v) is 3.74. The summed E-state index contributed by atoms with van der Waals surface area (Å²) >= 11 is 3.37. The molecule has 0 aliphatic rings. The Morgan fingerprint density at radius 3 is 2.55 bits per heavy atom. The minimum atomic E-state index is -0.160. The topological polar surface area (TPSA) is 54.0 Å². The van der Waals surface area contributed by atoms with Gasteiger partial charge in [-0.15, -0.1) is 0 Å². The maximum atomic E-state index is 12.1. The fourth-order valence-electron chi connectivity index (χ4n) is 1.96. The van der Waals surface area contributed by atoms with Gasteiger partial charge in [-0.05, 0) is 42.8 Å². The standard InChI is InChI=1S/C17H20BrN3O/c1-2-3-4-11-19-16-10-5-13(12-20-16)17(22)21-15-8-6-14(18)7-9-15/h5-10,12H,2-4,11H2,1H3,(H,19,20)(H,21,22). The first-order chi connectivity index (χ1) is 10.7. The second-order valence-electron chi connectivity index (χ2n) is 5.03. The predicted molar refractivity (Wildman–Crippen MR) is 94.3 cm³/mol. The Morgan fingerprint density at radius 2 is 1.91 bits per heavy atom. The largest absolute Gasteiger partial charge is 0.370 e. The van der Waals surface area contributed by atoms with Crippen LogP contribution in [0.3, 0.4) is 0 Å². The highest BCUT2D eigenvalue weighted by Crippen LogP contribution is 2.15. The van der Waals surface area contributed by atoms with Crippen LogP contribution in [0.4, 0.5) is 11.5 Å². The van der Waals surface area contributed by atoms with Crippen molar-refractivity contribution >= 4 is 33.3 Å². The summed E-state index contributed by atoms with van der Waals surface area (Å²) < 4.78 is 0.977. The van der Waals surface area contributed by atoms with Crippen molar-refractivity contribution in [2.75, 3.05) is 17.2 Å². The number of aromatic nitrogens is 1. The van der Waals surface area contributed by atoms with Gasteiger partial charge in [0.15, 0.2) is 0 Å². The summed E-state index contributed by atoms with van der Waals surface area (Å²) in [5.74, 6) is 0.642. The lowest BCUT2D eigenvalue weighted by Crippen LogP contribution is -2.12. The lowest BCUT2D eigenvalue weighted by Gasteiger charge is -2.07. The van der Waals surface area contributed by atoms with Crippen LogP contribution in [0.2, 0.25) is 0 Å². The second-order valence-corrected chi connectivity index (χ2v) is 5.94. The average Bonchev–Trinajstić information content (AvgIpc) is 2.54. The van der Waals surface area contributed by atoms with Gasteiger partial charge in [0.25, 0.3) is 5.91 Å². The summed E-state index contributed by atoms with van der Waals surface area (Å²) in [6.07, 6.45) is 5.13. The first kappa shape index (κ1) is 16.5. The Labute approximate surface area is 139 Å². The number of carbonyl (C=O) groups excluding carboxylic acids is 1. The molecule has 2 N–H and O–H groups in total. The predicted octanol–water partition coefficient (Wildman–Crippen LogP) is 4.70. The molecule has 0 saturated carbocycles. The van der Waals surface area contributed by atoms with Crippen molar-refractivity contribution in [2.45, 2.75) is 26.2 Å². The normalized spacial score (nSPS) is 10.3. The molecule has 1 aromatic heterocycles. The van der Waals surface area contributed by atoms with Crippen LogP contribution in [-0.4, -0.2) is 17.4 Å². The zero-order valence-corrected chi connectivity index (χ0v) is 14.2. The van der Waals surface area contributed by atoms with Gasteiger partial charge in [0, 0.05) is 22.9 Å². The van der Waals surface area contributed by atoms with E-state index in [9.17, 15) is 4.79 Å². The minimum Gasteiger partial charge on any atom is -0.370 e. The molecule has 5 heteroatoms. The number of rotatable bonds is 7. The number of amides is 1. The SMILES string of the molecule is CCCCCNc1ccc(C(=O)Nc2ccc(Br)cc2)cn1. The van der Waals surface area contributed by atoms with E-state index in [-0.39, 0.29) is 5.91 Å². The molecule has 2 rings (SSSR count). The molecule has 1 aromatic carbocycles. The molecular weight excluding hydrogens is 342 g/mol. The number of hydrogen-bond acceptors (Lipinski definition) is 3. The smallest absolute Gasteiger partial charge is 0.257 e. The van der Waals surface area contributed by atoms with Crippen LogP contribution in [-0.2, 0) is 0 Å². The van der Waals surface area contributed by atoms with Gasteiger partial charge < -0.3 is 10.6 Å². The molecule has 0 unspecified atom stereocenters. The van der Waals surface area contributed by atoms with Crippen LogP contribution in [0.15, 0.2) is 47.1 Å². The van der Waals surface area contributed by atoms with Gasteiger partial charge in [0.1, 0.15) is 5.82 Å². The van der Waals surface area contributed by atoms with Crippen molar-refractivity contribution in [3.63, 3.8) is 0 Å². The molecule has 0 aliphatic heterocycles. The Bertz CT molecular complexity index is 596. The Kier molecular flexibility index (Phi) is 6.40. The Balaban J connectivity index is 1.89.